The van der Waals surface area contributed by atoms with Crippen molar-refractivity contribution in [1.29, 1.82) is 0 Å². The van der Waals surface area contributed by atoms with E-state index in [0.717, 1.165) is 59.8 Å². The first-order valence-electron chi connectivity index (χ1n) is 13.0. The fourth-order valence-corrected chi connectivity index (χ4v) is 6.61. The van der Waals surface area contributed by atoms with Crippen LogP contribution in [0.25, 0.3) is 32.5 Å². The maximum atomic E-state index is 13.2. The van der Waals surface area contributed by atoms with Crippen LogP contribution in [0.5, 0.6) is 0 Å². The summed E-state index contributed by atoms with van der Waals surface area (Å²) in [6.45, 7) is 5.05. The Balaban J connectivity index is 1.05. The Kier molecular flexibility index (Phi) is 6.43. The van der Waals surface area contributed by atoms with Crippen molar-refractivity contribution in [1.82, 2.24) is 24.6 Å². The predicted molar refractivity (Wildman–Crippen MR) is 154 cm³/mol. The van der Waals surface area contributed by atoms with Gasteiger partial charge >= 0.3 is 0 Å². The van der Waals surface area contributed by atoms with Crippen LogP contribution in [-0.4, -0.2) is 63.4 Å². The van der Waals surface area contributed by atoms with Crippen LogP contribution in [0.3, 0.4) is 0 Å². The maximum absolute atomic E-state index is 13.2. The van der Waals surface area contributed by atoms with E-state index in [1.165, 1.54) is 10.6 Å². The lowest BCUT2D eigenvalue weighted by atomic mass is 10.1. The standard InChI is InChI=1S/C29H26N6O2S2/c36-29(22-5-3-20(4-6-22)25-2-1-17-38-25)34-11-12-35-26(18-34)31-32-27(35)24-19-39-28(30-24)21-7-9-23(10-8-21)33-13-15-37-16-14-33/h1-10,17,19H,11-16,18H2. The second-order valence-electron chi connectivity index (χ2n) is 9.56. The van der Waals surface area contributed by atoms with Crippen LogP contribution in [0.15, 0.2) is 71.4 Å². The van der Waals surface area contributed by atoms with Gasteiger partial charge in [-0.05, 0) is 53.4 Å². The normalized spacial score (nSPS) is 15.4. The summed E-state index contributed by atoms with van der Waals surface area (Å²) in [4.78, 5) is 23.5. The Morgan fingerprint density at radius 1 is 0.846 bits per heavy atom. The predicted octanol–water partition coefficient (Wildman–Crippen LogP) is 5.29. The SMILES string of the molecule is O=C(c1ccc(-c2cccs2)cc1)N1CCn2c(nnc2-c2csc(-c3ccc(N4CCOCC4)cc3)n2)C1. The molecule has 0 N–H and O–H groups in total. The molecule has 1 saturated heterocycles. The largest absolute Gasteiger partial charge is 0.378 e. The number of nitrogens with zero attached hydrogens (tertiary/aromatic N) is 6. The summed E-state index contributed by atoms with van der Waals surface area (Å²) >= 11 is 3.30. The van der Waals surface area contributed by atoms with Gasteiger partial charge in [-0.3, -0.25) is 4.79 Å². The summed E-state index contributed by atoms with van der Waals surface area (Å²) in [6, 6.07) is 20.5. The fraction of sp³-hybridized carbons (Fsp3) is 0.241. The minimum atomic E-state index is 0.0139. The number of morpholine rings is 1. The Morgan fingerprint density at radius 3 is 2.41 bits per heavy atom. The van der Waals surface area contributed by atoms with Crippen molar-refractivity contribution in [3.63, 3.8) is 0 Å². The van der Waals surface area contributed by atoms with Crippen molar-refractivity contribution in [2.75, 3.05) is 37.7 Å². The van der Waals surface area contributed by atoms with E-state index in [0.29, 0.717) is 25.2 Å². The van der Waals surface area contributed by atoms with E-state index >= 15 is 0 Å². The molecule has 8 nitrogen and oxygen atoms in total. The highest BCUT2D eigenvalue weighted by Gasteiger charge is 2.26. The first-order chi connectivity index (χ1) is 19.2. The number of thiophene rings is 1. The number of hydrogen-bond acceptors (Lipinski definition) is 8. The lowest BCUT2D eigenvalue weighted by Gasteiger charge is -2.28. The highest BCUT2D eigenvalue weighted by molar-refractivity contribution is 7.13. The first kappa shape index (κ1) is 24.2. The summed E-state index contributed by atoms with van der Waals surface area (Å²) < 4.78 is 7.55. The summed E-state index contributed by atoms with van der Waals surface area (Å²) in [5.74, 6) is 1.55. The van der Waals surface area contributed by atoms with E-state index in [9.17, 15) is 4.79 Å². The number of thiazole rings is 1. The number of benzene rings is 2. The second-order valence-corrected chi connectivity index (χ2v) is 11.4. The number of amides is 1. The molecule has 0 unspecified atom stereocenters. The summed E-state index contributed by atoms with van der Waals surface area (Å²) in [6.07, 6.45) is 0. The van der Waals surface area contributed by atoms with Crippen molar-refractivity contribution >= 4 is 34.3 Å². The first-order valence-corrected chi connectivity index (χ1v) is 14.7. The molecule has 0 radical (unpaired) electrons. The molecule has 0 atom stereocenters. The molecule has 196 valence electrons. The van der Waals surface area contributed by atoms with E-state index < -0.39 is 0 Å². The number of rotatable bonds is 5. The molecule has 5 aromatic rings. The molecule has 0 aliphatic carbocycles. The molecule has 2 aromatic carbocycles. The van der Waals surface area contributed by atoms with Gasteiger partial charge in [-0.25, -0.2) is 4.98 Å². The number of fused-ring (bicyclic) bond motifs is 1. The second kappa shape index (κ2) is 10.4. The molecule has 3 aromatic heterocycles. The highest BCUT2D eigenvalue weighted by Crippen LogP contribution is 2.31. The van der Waals surface area contributed by atoms with Crippen LogP contribution < -0.4 is 4.90 Å². The van der Waals surface area contributed by atoms with Gasteiger partial charge in [0.1, 0.15) is 10.7 Å². The molecule has 0 bridgehead atoms. The molecule has 2 aliphatic rings. The van der Waals surface area contributed by atoms with Crippen molar-refractivity contribution < 1.29 is 9.53 Å². The molecule has 1 fully saturated rings. The number of ether oxygens (including phenoxy) is 1. The minimum Gasteiger partial charge on any atom is -0.378 e. The third-order valence-electron chi connectivity index (χ3n) is 7.20. The molecule has 10 heteroatoms. The van der Waals surface area contributed by atoms with Gasteiger partial charge < -0.3 is 19.1 Å². The molecule has 5 heterocycles. The molecular formula is C29H26N6O2S2. The minimum absolute atomic E-state index is 0.0139. The molecule has 7 rings (SSSR count). The van der Waals surface area contributed by atoms with E-state index in [2.05, 4.69) is 55.4 Å². The highest BCUT2D eigenvalue weighted by atomic mass is 32.1. The van der Waals surface area contributed by atoms with E-state index in [-0.39, 0.29) is 5.91 Å². The van der Waals surface area contributed by atoms with Gasteiger partial charge in [0.2, 0.25) is 0 Å². The van der Waals surface area contributed by atoms with Crippen LogP contribution in [0, 0.1) is 0 Å². The number of anilines is 1. The summed E-state index contributed by atoms with van der Waals surface area (Å²) in [7, 11) is 0. The summed E-state index contributed by atoms with van der Waals surface area (Å²) in [5, 5.41) is 13.9. The molecule has 2 aliphatic heterocycles. The van der Waals surface area contributed by atoms with Crippen LogP contribution in [0.1, 0.15) is 16.2 Å². The zero-order valence-electron chi connectivity index (χ0n) is 21.2. The van der Waals surface area contributed by atoms with Gasteiger partial charge in [-0.2, -0.15) is 0 Å². The zero-order valence-corrected chi connectivity index (χ0v) is 22.8. The van der Waals surface area contributed by atoms with Crippen LogP contribution in [-0.2, 0) is 17.8 Å². The van der Waals surface area contributed by atoms with Gasteiger partial charge in [0, 0.05) is 53.3 Å². The molecule has 39 heavy (non-hydrogen) atoms. The topological polar surface area (TPSA) is 76.4 Å². The van der Waals surface area contributed by atoms with Crippen molar-refractivity contribution in [2.24, 2.45) is 0 Å². The average Bonchev–Trinajstić information content (AvgIpc) is 3.78. The van der Waals surface area contributed by atoms with Gasteiger partial charge in [0.05, 0.1) is 19.8 Å². The van der Waals surface area contributed by atoms with Gasteiger partial charge in [0.15, 0.2) is 11.6 Å². The van der Waals surface area contributed by atoms with Crippen LogP contribution in [0.2, 0.25) is 0 Å². The van der Waals surface area contributed by atoms with Crippen molar-refractivity contribution in [3.8, 4) is 32.5 Å². The van der Waals surface area contributed by atoms with E-state index in [1.54, 1.807) is 22.7 Å². The number of carbonyl (C=O) groups is 1. The van der Waals surface area contributed by atoms with Gasteiger partial charge in [0.25, 0.3) is 5.91 Å². The third-order valence-corrected chi connectivity index (χ3v) is 9.01. The fourth-order valence-electron chi connectivity index (χ4n) is 5.07. The lowest BCUT2D eigenvalue weighted by molar-refractivity contribution is 0.0708. The number of aromatic nitrogens is 4. The Bertz CT molecular complexity index is 1590. The van der Waals surface area contributed by atoms with Gasteiger partial charge in [-0.1, -0.05) is 18.2 Å². The lowest BCUT2D eigenvalue weighted by Crippen LogP contribution is -2.38. The van der Waals surface area contributed by atoms with E-state index in [1.807, 2.05) is 40.6 Å². The van der Waals surface area contributed by atoms with Crippen LogP contribution in [0.4, 0.5) is 5.69 Å². The van der Waals surface area contributed by atoms with Crippen LogP contribution >= 0.6 is 22.7 Å². The zero-order chi connectivity index (χ0) is 26.2. The Hall–Kier alpha value is -3.86. The maximum Gasteiger partial charge on any atom is 0.254 e. The average molecular weight is 555 g/mol. The monoisotopic (exact) mass is 554 g/mol. The Morgan fingerprint density at radius 2 is 1.64 bits per heavy atom. The Labute approximate surface area is 234 Å². The molecule has 0 saturated carbocycles. The van der Waals surface area contributed by atoms with E-state index in [4.69, 9.17) is 9.72 Å². The summed E-state index contributed by atoms with van der Waals surface area (Å²) in [5.41, 5.74) is 4.92. The molecular weight excluding hydrogens is 528 g/mol. The molecule has 1 amide bonds. The molecule has 0 spiro atoms. The number of hydrogen-bond donors (Lipinski definition) is 0. The third kappa shape index (κ3) is 4.75. The van der Waals surface area contributed by atoms with Crippen molar-refractivity contribution in [3.05, 3.63) is 82.8 Å². The smallest absolute Gasteiger partial charge is 0.254 e. The van der Waals surface area contributed by atoms with Gasteiger partial charge in [-0.15, -0.1) is 32.9 Å². The quantitative estimate of drug-likeness (QED) is 0.294. The van der Waals surface area contributed by atoms with Crippen molar-refractivity contribution in [2.45, 2.75) is 13.1 Å². The number of carbonyl (C=O) groups excluding carboxylic acids is 1.